The summed E-state index contributed by atoms with van der Waals surface area (Å²) in [6, 6.07) is 0. The third kappa shape index (κ3) is 3.24. The van der Waals surface area contributed by atoms with Gasteiger partial charge in [0, 0.05) is 0 Å². The second-order valence-corrected chi connectivity index (χ2v) is 6.19. The predicted octanol–water partition coefficient (Wildman–Crippen LogP) is 2.19. The van der Waals surface area contributed by atoms with Crippen LogP contribution >= 0.6 is 7.60 Å². The molecule has 0 spiro atoms. The molecule has 98 valence electrons. The molecule has 0 aromatic carbocycles. The van der Waals surface area contributed by atoms with E-state index in [9.17, 15) is 14.2 Å². The van der Waals surface area contributed by atoms with Crippen molar-refractivity contribution in [1.29, 1.82) is 0 Å². The molecule has 0 aromatic heterocycles. The van der Waals surface area contributed by atoms with Crippen LogP contribution in [0.5, 0.6) is 0 Å². The molecule has 0 N–H and O–H groups in total. The molecular weight excluding hydrogens is 243 g/mol. The summed E-state index contributed by atoms with van der Waals surface area (Å²) in [4.78, 5) is 22.8. The van der Waals surface area contributed by atoms with Crippen LogP contribution in [-0.4, -0.2) is 30.9 Å². The molecule has 1 aliphatic rings. The molecule has 0 heterocycles. The molecule has 1 rings (SSSR count). The number of aldehydes is 1. The molecule has 2 atom stereocenters. The fourth-order valence-corrected chi connectivity index (χ4v) is 4.25. The zero-order valence-corrected chi connectivity index (χ0v) is 11.2. The normalized spacial score (nSPS) is 25.9. The Morgan fingerprint density at radius 3 is 2.35 bits per heavy atom. The number of carbonyl (C=O) groups excluding carboxylic acids is 2. The lowest BCUT2D eigenvalue weighted by atomic mass is 9.89. The number of hydrogen-bond acceptors (Lipinski definition) is 5. The largest absolute Gasteiger partial charge is 0.341 e. The van der Waals surface area contributed by atoms with Gasteiger partial charge >= 0.3 is 7.60 Å². The zero-order chi connectivity index (χ0) is 12.9. The van der Waals surface area contributed by atoms with Crippen LogP contribution in [0.25, 0.3) is 0 Å². The van der Waals surface area contributed by atoms with Crippen molar-refractivity contribution in [3.05, 3.63) is 0 Å². The molecule has 6 heteroatoms. The Kier molecular flexibility index (Phi) is 5.50. The topological polar surface area (TPSA) is 69.7 Å². The number of carbonyl (C=O) groups is 2. The summed E-state index contributed by atoms with van der Waals surface area (Å²) in [6.45, 7) is 3.87. The maximum absolute atomic E-state index is 12.5. The Labute approximate surface area is 101 Å². The second-order valence-electron chi connectivity index (χ2n) is 3.97. The molecule has 17 heavy (non-hydrogen) atoms. The van der Waals surface area contributed by atoms with Gasteiger partial charge in [0.1, 0.15) is 11.9 Å². The molecule has 0 aromatic rings. The van der Waals surface area contributed by atoms with E-state index in [2.05, 4.69) is 0 Å². The van der Waals surface area contributed by atoms with Gasteiger partial charge in [0.15, 0.2) is 5.78 Å². The van der Waals surface area contributed by atoms with Gasteiger partial charge in [0.05, 0.1) is 19.1 Å². The molecule has 0 radical (unpaired) electrons. The Morgan fingerprint density at radius 1 is 1.29 bits per heavy atom. The summed E-state index contributed by atoms with van der Waals surface area (Å²) >= 11 is 0. The Hall–Kier alpha value is -0.510. The van der Waals surface area contributed by atoms with Crippen molar-refractivity contribution in [1.82, 2.24) is 0 Å². The van der Waals surface area contributed by atoms with Gasteiger partial charge in [-0.15, -0.1) is 0 Å². The van der Waals surface area contributed by atoms with Crippen LogP contribution in [0.2, 0.25) is 0 Å². The molecule has 5 nitrogen and oxygen atoms in total. The van der Waals surface area contributed by atoms with Gasteiger partial charge in [-0.1, -0.05) is 6.42 Å². The van der Waals surface area contributed by atoms with E-state index in [-0.39, 0.29) is 19.0 Å². The van der Waals surface area contributed by atoms with E-state index in [0.717, 1.165) is 0 Å². The number of hydrogen-bond donors (Lipinski definition) is 0. The molecule has 0 amide bonds. The second kappa shape index (κ2) is 6.43. The maximum atomic E-state index is 12.5. The smallest absolute Gasteiger partial charge is 0.308 e. The van der Waals surface area contributed by atoms with Crippen molar-refractivity contribution in [3.8, 4) is 0 Å². The molecule has 1 aliphatic carbocycles. The zero-order valence-electron chi connectivity index (χ0n) is 10.3. The van der Waals surface area contributed by atoms with Crippen LogP contribution in [0.4, 0.5) is 0 Å². The van der Waals surface area contributed by atoms with Crippen molar-refractivity contribution in [2.24, 2.45) is 5.92 Å². The van der Waals surface area contributed by atoms with Gasteiger partial charge in [0.25, 0.3) is 0 Å². The summed E-state index contributed by atoms with van der Waals surface area (Å²) in [5.41, 5.74) is -0.772. The van der Waals surface area contributed by atoms with Crippen LogP contribution < -0.4 is 0 Å². The molecule has 0 bridgehead atoms. The monoisotopic (exact) mass is 262 g/mol. The van der Waals surface area contributed by atoms with Crippen molar-refractivity contribution in [2.45, 2.75) is 38.8 Å². The van der Waals surface area contributed by atoms with Crippen LogP contribution in [-0.2, 0) is 23.2 Å². The van der Waals surface area contributed by atoms with Crippen LogP contribution in [0.3, 0.4) is 0 Å². The van der Waals surface area contributed by atoms with Gasteiger partial charge in [-0.3, -0.25) is 9.36 Å². The fourth-order valence-electron chi connectivity index (χ4n) is 2.09. The minimum Gasteiger partial charge on any atom is -0.308 e. The average Bonchev–Trinajstić information content (AvgIpc) is 2.30. The lowest BCUT2D eigenvalue weighted by Gasteiger charge is -2.30. The molecule has 1 fully saturated rings. The van der Waals surface area contributed by atoms with Gasteiger partial charge in [-0.2, -0.15) is 0 Å². The summed E-state index contributed by atoms with van der Waals surface area (Å²) < 4.78 is 22.8. The highest BCUT2D eigenvalue weighted by molar-refractivity contribution is 7.55. The summed E-state index contributed by atoms with van der Waals surface area (Å²) in [6.07, 6.45) is 2.35. The van der Waals surface area contributed by atoms with E-state index >= 15 is 0 Å². The van der Waals surface area contributed by atoms with E-state index in [1.54, 1.807) is 13.8 Å². The first kappa shape index (κ1) is 14.6. The van der Waals surface area contributed by atoms with E-state index in [1.807, 2.05) is 0 Å². The molecule has 2 unspecified atom stereocenters. The SMILES string of the molecule is CCOP(=O)(OCC)C1CCCC(C=O)C1=O. The number of rotatable bonds is 6. The Morgan fingerprint density at radius 2 is 1.88 bits per heavy atom. The van der Waals surface area contributed by atoms with Crippen molar-refractivity contribution < 1.29 is 23.2 Å². The van der Waals surface area contributed by atoms with E-state index in [0.29, 0.717) is 25.5 Å². The van der Waals surface area contributed by atoms with Crippen molar-refractivity contribution in [2.75, 3.05) is 13.2 Å². The molecule has 0 saturated heterocycles. The van der Waals surface area contributed by atoms with E-state index in [4.69, 9.17) is 9.05 Å². The van der Waals surface area contributed by atoms with Gasteiger partial charge in [-0.25, -0.2) is 0 Å². The highest BCUT2D eigenvalue weighted by atomic mass is 31.2. The maximum Gasteiger partial charge on any atom is 0.341 e. The summed E-state index contributed by atoms with van der Waals surface area (Å²) in [5, 5.41) is 0. The van der Waals surface area contributed by atoms with Gasteiger partial charge < -0.3 is 13.8 Å². The summed E-state index contributed by atoms with van der Waals surface area (Å²) in [5.74, 6) is -0.945. The van der Waals surface area contributed by atoms with Crippen LogP contribution in [0, 0.1) is 5.92 Å². The quantitative estimate of drug-likeness (QED) is 0.417. The predicted molar refractivity (Wildman–Crippen MR) is 63.1 cm³/mol. The molecule has 0 aliphatic heterocycles. The average molecular weight is 262 g/mol. The Balaban J connectivity index is 2.89. The summed E-state index contributed by atoms with van der Waals surface area (Å²) in [7, 11) is -3.41. The van der Waals surface area contributed by atoms with E-state index in [1.165, 1.54) is 0 Å². The first-order valence-corrected chi connectivity index (χ1v) is 7.58. The molecular formula is C11H19O5P. The van der Waals surface area contributed by atoms with Crippen LogP contribution in [0.1, 0.15) is 33.1 Å². The lowest BCUT2D eigenvalue weighted by molar-refractivity contribution is -0.129. The van der Waals surface area contributed by atoms with Crippen molar-refractivity contribution in [3.63, 3.8) is 0 Å². The van der Waals surface area contributed by atoms with Crippen LogP contribution in [0.15, 0.2) is 0 Å². The standard InChI is InChI=1S/C11H19O5P/c1-3-15-17(14,16-4-2)10-7-5-6-9(8-12)11(10)13/h8-10H,3-7H2,1-2H3. The number of Topliss-reactive ketones (excluding diaryl/α,β-unsaturated/α-hetero) is 1. The lowest BCUT2D eigenvalue weighted by Crippen LogP contribution is -2.34. The first-order valence-electron chi connectivity index (χ1n) is 5.96. The third-order valence-electron chi connectivity index (χ3n) is 2.85. The molecule has 1 saturated carbocycles. The fraction of sp³-hybridized carbons (Fsp3) is 0.818. The highest BCUT2D eigenvalue weighted by Crippen LogP contribution is 2.56. The minimum absolute atomic E-state index is 0.229. The highest BCUT2D eigenvalue weighted by Gasteiger charge is 2.45. The first-order chi connectivity index (χ1) is 8.09. The Bertz CT molecular complexity index is 318. The van der Waals surface area contributed by atoms with Gasteiger partial charge in [-0.05, 0) is 26.7 Å². The third-order valence-corrected chi connectivity index (χ3v) is 5.36. The van der Waals surface area contributed by atoms with Gasteiger partial charge in [0.2, 0.25) is 0 Å². The minimum atomic E-state index is -3.41. The van der Waals surface area contributed by atoms with Crippen molar-refractivity contribution >= 4 is 19.7 Å². The van der Waals surface area contributed by atoms with E-state index < -0.39 is 19.2 Å². The number of ketones is 1.